The minimum atomic E-state index is -0.450. The van der Waals surface area contributed by atoms with E-state index in [1.807, 2.05) is 13.8 Å². The number of nitrogens with zero attached hydrogens (tertiary/aromatic N) is 1. The van der Waals surface area contributed by atoms with Crippen LogP contribution >= 0.6 is 0 Å². The SMILES string of the molecule is COC1CC2(C1)NC(=NC(C)C)NC2=O. The summed E-state index contributed by atoms with van der Waals surface area (Å²) in [5.74, 6) is 0.625. The molecular formula is C10H17N3O2. The summed E-state index contributed by atoms with van der Waals surface area (Å²) >= 11 is 0. The van der Waals surface area contributed by atoms with Crippen molar-refractivity contribution in [2.45, 2.75) is 44.4 Å². The lowest BCUT2D eigenvalue weighted by atomic mass is 9.74. The molecule has 1 aliphatic carbocycles. The van der Waals surface area contributed by atoms with E-state index < -0.39 is 5.54 Å². The molecule has 2 rings (SSSR count). The van der Waals surface area contributed by atoms with Gasteiger partial charge in [0.25, 0.3) is 5.91 Å². The molecule has 1 amide bonds. The zero-order valence-corrected chi connectivity index (χ0v) is 9.33. The highest BCUT2D eigenvalue weighted by Gasteiger charge is 2.54. The fourth-order valence-corrected chi connectivity index (χ4v) is 2.04. The lowest BCUT2D eigenvalue weighted by molar-refractivity contribution is -0.132. The summed E-state index contributed by atoms with van der Waals surface area (Å²) in [6, 6.07) is 0.182. The summed E-state index contributed by atoms with van der Waals surface area (Å²) < 4.78 is 5.18. The molecule has 0 aromatic heterocycles. The number of hydrogen-bond acceptors (Lipinski definition) is 3. The molecule has 0 aromatic carbocycles. The minimum absolute atomic E-state index is 0.0233. The Hall–Kier alpha value is -1.10. The number of carbonyl (C=O) groups is 1. The smallest absolute Gasteiger partial charge is 0.252 e. The first-order valence-electron chi connectivity index (χ1n) is 5.26. The minimum Gasteiger partial charge on any atom is -0.381 e. The summed E-state index contributed by atoms with van der Waals surface area (Å²) in [7, 11) is 1.67. The van der Waals surface area contributed by atoms with Crippen molar-refractivity contribution in [1.82, 2.24) is 10.6 Å². The Morgan fingerprint density at radius 1 is 1.53 bits per heavy atom. The third-order valence-corrected chi connectivity index (χ3v) is 2.90. The second-order valence-electron chi connectivity index (χ2n) is 4.50. The van der Waals surface area contributed by atoms with E-state index in [1.165, 1.54) is 0 Å². The number of amides is 1. The fourth-order valence-electron chi connectivity index (χ4n) is 2.04. The van der Waals surface area contributed by atoms with Gasteiger partial charge in [0.05, 0.1) is 6.10 Å². The maximum Gasteiger partial charge on any atom is 0.252 e. The largest absolute Gasteiger partial charge is 0.381 e. The third kappa shape index (κ3) is 1.71. The highest BCUT2D eigenvalue weighted by atomic mass is 16.5. The number of rotatable bonds is 2. The Labute approximate surface area is 89.3 Å². The predicted octanol–water partition coefficient (Wildman–Crippen LogP) is 0.0178. The predicted molar refractivity (Wildman–Crippen MR) is 56.6 cm³/mol. The van der Waals surface area contributed by atoms with Gasteiger partial charge in [-0.05, 0) is 13.8 Å². The van der Waals surface area contributed by atoms with Gasteiger partial charge < -0.3 is 10.1 Å². The van der Waals surface area contributed by atoms with E-state index in [4.69, 9.17) is 4.74 Å². The molecule has 2 aliphatic rings. The molecule has 2 N–H and O–H groups in total. The van der Waals surface area contributed by atoms with Gasteiger partial charge in [-0.2, -0.15) is 0 Å². The Kier molecular flexibility index (Phi) is 2.42. The Morgan fingerprint density at radius 3 is 2.73 bits per heavy atom. The second kappa shape index (κ2) is 3.48. The average molecular weight is 211 g/mol. The first kappa shape index (κ1) is 10.4. The summed E-state index contributed by atoms with van der Waals surface area (Å²) in [6.45, 7) is 3.95. The Balaban J connectivity index is 2.03. The monoisotopic (exact) mass is 211 g/mol. The van der Waals surface area contributed by atoms with Gasteiger partial charge >= 0.3 is 0 Å². The quantitative estimate of drug-likeness (QED) is 0.676. The van der Waals surface area contributed by atoms with Crippen LogP contribution in [-0.4, -0.2) is 36.7 Å². The molecule has 1 aliphatic heterocycles. The van der Waals surface area contributed by atoms with Crippen molar-refractivity contribution < 1.29 is 9.53 Å². The molecule has 0 radical (unpaired) electrons. The molecule has 84 valence electrons. The van der Waals surface area contributed by atoms with Crippen LogP contribution in [0.1, 0.15) is 26.7 Å². The average Bonchev–Trinajstić information content (AvgIpc) is 2.38. The molecule has 1 saturated carbocycles. The van der Waals surface area contributed by atoms with Crippen molar-refractivity contribution >= 4 is 11.9 Å². The summed E-state index contributed by atoms with van der Waals surface area (Å²) in [5, 5.41) is 5.93. The van der Waals surface area contributed by atoms with Gasteiger partial charge in [-0.3, -0.25) is 15.1 Å². The summed E-state index contributed by atoms with van der Waals surface area (Å²) in [5.41, 5.74) is -0.450. The highest BCUT2D eigenvalue weighted by molar-refractivity contribution is 6.09. The first-order chi connectivity index (χ1) is 7.05. The molecule has 0 bridgehead atoms. The molecule has 5 nitrogen and oxygen atoms in total. The second-order valence-corrected chi connectivity index (χ2v) is 4.50. The summed E-state index contributed by atoms with van der Waals surface area (Å²) in [4.78, 5) is 16.0. The van der Waals surface area contributed by atoms with Crippen molar-refractivity contribution in [3.8, 4) is 0 Å². The number of carbonyl (C=O) groups excluding carboxylic acids is 1. The molecule has 0 unspecified atom stereocenters. The number of ether oxygens (including phenoxy) is 1. The van der Waals surface area contributed by atoms with E-state index in [1.54, 1.807) is 7.11 Å². The van der Waals surface area contributed by atoms with Gasteiger partial charge in [-0.15, -0.1) is 0 Å². The molecule has 0 atom stereocenters. The van der Waals surface area contributed by atoms with Crippen LogP contribution in [0.5, 0.6) is 0 Å². The number of nitrogens with one attached hydrogen (secondary N) is 2. The molecule has 1 saturated heterocycles. The molecule has 5 heteroatoms. The van der Waals surface area contributed by atoms with Gasteiger partial charge in [0.1, 0.15) is 5.54 Å². The van der Waals surface area contributed by atoms with Crippen molar-refractivity contribution in [2.24, 2.45) is 4.99 Å². The molecule has 2 fully saturated rings. The number of aliphatic imine (C=N–C) groups is 1. The topological polar surface area (TPSA) is 62.7 Å². The molecule has 1 heterocycles. The van der Waals surface area contributed by atoms with Crippen LogP contribution in [0.3, 0.4) is 0 Å². The number of hydrogen-bond donors (Lipinski definition) is 2. The van der Waals surface area contributed by atoms with Crippen LogP contribution in [0.2, 0.25) is 0 Å². The van der Waals surface area contributed by atoms with E-state index in [2.05, 4.69) is 15.6 Å². The van der Waals surface area contributed by atoms with Gasteiger partial charge in [-0.25, -0.2) is 0 Å². The molecular weight excluding hydrogens is 194 g/mol. The molecule has 1 spiro atoms. The fraction of sp³-hybridized carbons (Fsp3) is 0.800. The van der Waals surface area contributed by atoms with Crippen LogP contribution in [0.25, 0.3) is 0 Å². The van der Waals surface area contributed by atoms with Crippen molar-refractivity contribution in [1.29, 1.82) is 0 Å². The van der Waals surface area contributed by atoms with Crippen molar-refractivity contribution in [2.75, 3.05) is 7.11 Å². The van der Waals surface area contributed by atoms with Crippen molar-refractivity contribution in [3.63, 3.8) is 0 Å². The third-order valence-electron chi connectivity index (χ3n) is 2.90. The van der Waals surface area contributed by atoms with Gasteiger partial charge in [0, 0.05) is 26.0 Å². The van der Waals surface area contributed by atoms with Crippen molar-refractivity contribution in [3.05, 3.63) is 0 Å². The van der Waals surface area contributed by atoms with E-state index >= 15 is 0 Å². The summed E-state index contributed by atoms with van der Waals surface area (Å²) in [6.07, 6.45) is 1.65. The molecule has 0 aromatic rings. The van der Waals surface area contributed by atoms with E-state index in [0.29, 0.717) is 5.96 Å². The standard InChI is InChI=1S/C10H17N3O2/c1-6(2)11-9-12-8(14)10(13-9)4-7(5-10)15-3/h6-7H,4-5H2,1-3H3,(H2,11,12,13,14). The maximum atomic E-state index is 11.7. The molecule has 15 heavy (non-hydrogen) atoms. The zero-order chi connectivity index (χ0) is 11.1. The Bertz CT molecular complexity index is 306. The highest BCUT2D eigenvalue weighted by Crippen LogP contribution is 2.36. The van der Waals surface area contributed by atoms with E-state index in [9.17, 15) is 4.79 Å². The van der Waals surface area contributed by atoms with E-state index in [-0.39, 0.29) is 18.1 Å². The lowest BCUT2D eigenvalue weighted by Crippen LogP contribution is -2.59. The first-order valence-corrected chi connectivity index (χ1v) is 5.26. The van der Waals surface area contributed by atoms with Gasteiger partial charge in [0.15, 0.2) is 5.96 Å². The number of guanidine groups is 1. The lowest BCUT2D eigenvalue weighted by Gasteiger charge is -2.41. The van der Waals surface area contributed by atoms with Crippen LogP contribution in [-0.2, 0) is 9.53 Å². The van der Waals surface area contributed by atoms with Crippen LogP contribution in [0.4, 0.5) is 0 Å². The Morgan fingerprint density at radius 2 is 2.20 bits per heavy atom. The van der Waals surface area contributed by atoms with Crippen LogP contribution in [0, 0.1) is 0 Å². The zero-order valence-electron chi connectivity index (χ0n) is 9.33. The number of methoxy groups -OCH3 is 1. The van der Waals surface area contributed by atoms with Gasteiger partial charge in [0.2, 0.25) is 0 Å². The van der Waals surface area contributed by atoms with Crippen LogP contribution < -0.4 is 10.6 Å². The van der Waals surface area contributed by atoms with Gasteiger partial charge in [-0.1, -0.05) is 0 Å². The van der Waals surface area contributed by atoms with Crippen LogP contribution in [0.15, 0.2) is 4.99 Å². The van der Waals surface area contributed by atoms with E-state index in [0.717, 1.165) is 12.8 Å². The normalized spacial score (nSPS) is 36.9. The maximum absolute atomic E-state index is 11.7.